The number of nitrogens with zero attached hydrogens (tertiary/aromatic N) is 1. The third-order valence-electron chi connectivity index (χ3n) is 2.82. The average Bonchev–Trinajstić information content (AvgIpc) is 2.95. The van der Waals surface area contributed by atoms with Gasteiger partial charge in [0.05, 0.1) is 6.04 Å². The predicted octanol–water partition coefficient (Wildman–Crippen LogP) is 1.37. The second-order valence-electron chi connectivity index (χ2n) is 4.54. The van der Waals surface area contributed by atoms with Crippen molar-refractivity contribution in [1.29, 1.82) is 0 Å². The van der Waals surface area contributed by atoms with Gasteiger partial charge in [-0.25, -0.2) is 0 Å². The van der Waals surface area contributed by atoms with E-state index in [1.807, 2.05) is 11.8 Å². The molecule has 82 valence electrons. The lowest BCUT2D eigenvalue weighted by atomic mass is 10.1. The van der Waals surface area contributed by atoms with Gasteiger partial charge in [-0.3, -0.25) is 4.79 Å². The van der Waals surface area contributed by atoms with E-state index >= 15 is 0 Å². The number of hydrogen-bond acceptors (Lipinski definition) is 2. The number of carbonyl (C=O) groups excluding carboxylic acids is 1. The van der Waals surface area contributed by atoms with Gasteiger partial charge in [0, 0.05) is 12.6 Å². The van der Waals surface area contributed by atoms with Gasteiger partial charge in [0.2, 0.25) is 5.91 Å². The quantitative estimate of drug-likeness (QED) is 0.725. The lowest BCUT2D eigenvalue weighted by Crippen LogP contribution is -2.47. The highest BCUT2D eigenvalue weighted by Crippen LogP contribution is 2.30. The van der Waals surface area contributed by atoms with E-state index in [2.05, 4.69) is 13.8 Å². The molecule has 0 aromatic heterocycles. The van der Waals surface area contributed by atoms with Crippen molar-refractivity contribution in [2.24, 2.45) is 11.7 Å². The Hall–Kier alpha value is -0.570. The standard InChI is InChI=1S/C11H22N2O/c1-4-10(12)11(14)13(8(2)3)7-9-5-6-9/h8-10H,4-7,12H2,1-3H3/t10-/m0/s1. The Balaban J connectivity index is 2.51. The van der Waals surface area contributed by atoms with Crippen LogP contribution in [0.25, 0.3) is 0 Å². The molecule has 3 nitrogen and oxygen atoms in total. The van der Waals surface area contributed by atoms with Gasteiger partial charge < -0.3 is 10.6 Å². The van der Waals surface area contributed by atoms with Gasteiger partial charge in [0.15, 0.2) is 0 Å². The molecule has 0 unspecified atom stereocenters. The maximum Gasteiger partial charge on any atom is 0.239 e. The van der Waals surface area contributed by atoms with Gasteiger partial charge >= 0.3 is 0 Å². The summed E-state index contributed by atoms with van der Waals surface area (Å²) in [6.45, 7) is 6.98. The maximum atomic E-state index is 11.9. The zero-order valence-corrected chi connectivity index (χ0v) is 9.49. The van der Waals surface area contributed by atoms with Gasteiger partial charge in [-0.05, 0) is 39.0 Å². The van der Waals surface area contributed by atoms with E-state index < -0.39 is 0 Å². The number of hydrogen-bond donors (Lipinski definition) is 1. The van der Waals surface area contributed by atoms with Crippen molar-refractivity contribution in [2.45, 2.75) is 52.1 Å². The van der Waals surface area contributed by atoms with Crippen LogP contribution in [0.1, 0.15) is 40.0 Å². The summed E-state index contributed by atoms with van der Waals surface area (Å²) in [4.78, 5) is 13.8. The van der Waals surface area contributed by atoms with Gasteiger partial charge in [-0.15, -0.1) is 0 Å². The number of rotatable bonds is 5. The molecule has 0 aromatic rings. The molecule has 1 rings (SSSR count). The van der Waals surface area contributed by atoms with Crippen molar-refractivity contribution >= 4 is 5.91 Å². The topological polar surface area (TPSA) is 46.3 Å². The van der Waals surface area contributed by atoms with Crippen LogP contribution in [0.15, 0.2) is 0 Å². The van der Waals surface area contributed by atoms with Crippen LogP contribution in [-0.2, 0) is 4.79 Å². The monoisotopic (exact) mass is 198 g/mol. The first-order valence-corrected chi connectivity index (χ1v) is 5.62. The molecular formula is C11H22N2O. The molecule has 1 amide bonds. The summed E-state index contributed by atoms with van der Waals surface area (Å²) in [5.74, 6) is 0.861. The molecule has 2 N–H and O–H groups in total. The minimum absolute atomic E-state index is 0.120. The van der Waals surface area contributed by atoms with Crippen LogP contribution in [0.2, 0.25) is 0 Å². The molecule has 3 heteroatoms. The van der Waals surface area contributed by atoms with Crippen LogP contribution >= 0.6 is 0 Å². The van der Waals surface area contributed by atoms with Crippen molar-refractivity contribution in [3.8, 4) is 0 Å². The zero-order valence-electron chi connectivity index (χ0n) is 9.49. The second kappa shape index (κ2) is 4.78. The summed E-state index contributed by atoms with van der Waals surface area (Å²) in [6, 6.07) is -0.0307. The third kappa shape index (κ3) is 2.98. The van der Waals surface area contributed by atoms with Crippen molar-refractivity contribution in [3.05, 3.63) is 0 Å². The summed E-state index contributed by atoms with van der Waals surface area (Å²) in [7, 11) is 0. The summed E-state index contributed by atoms with van der Waals surface area (Å²) < 4.78 is 0. The highest BCUT2D eigenvalue weighted by Gasteiger charge is 2.29. The summed E-state index contributed by atoms with van der Waals surface area (Å²) in [6.07, 6.45) is 3.28. The Morgan fingerprint density at radius 3 is 2.43 bits per heavy atom. The zero-order chi connectivity index (χ0) is 10.7. The van der Waals surface area contributed by atoms with Crippen molar-refractivity contribution < 1.29 is 4.79 Å². The van der Waals surface area contributed by atoms with Crippen LogP contribution in [0.3, 0.4) is 0 Å². The number of carbonyl (C=O) groups is 1. The first kappa shape index (κ1) is 11.5. The maximum absolute atomic E-state index is 11.9. The molecule has 0 saturated heterocycles. The molecule has 14 heavy (non-hydrogen) atoms. The predicted molar refractivity (Wildman–Crippen MR) is 57.8 cm³/mol. The minimum atomic E-state index is -0.309. The normalized spacial score (nSPS) is 18.4. The van der Waals surface area contributed by atoms with Crippen LogP contribution < -0.4 is 5.73 Å². The van der Waals surface area contributed by atoms with Gasteiger partial charge in [0.1, 0.15) is 0 Å². The molecule has 0 aromatic carbocycles. The molecule has 0 spiro atoms. The van der Waals surface area contributed by atoms with Crippen LogP contribution in [0, 0.1) is 5.92 Å². The first-order valence-electron chi connectivity index (χ1n) is 5.62. The average molecular weight is 198 g/mol. The Bertz CT molecular complexity index is 199. The Morgan fingerprint density at radius 1 is 1.50 bits per heavy atom. The molecule has 0 heterocycles. The molecule has 1 aliphatic rings. The summed E-state index contributed by atoms with van der Waals surface area (Å²) in [5, 5.41) is 0. The molecule has 0 bridgehead atoms. The first-order chi connectivity index (χ1) is 6.56. The van der Waals surface area contributed by atoms with E-state index in [4.69, 9.17) is 5.73 Å². The van der Waals surface area contributed by atoms with E-state index in [9.17, 15) is 4.79 Å². The Morgan fingerprint density at radius 2 is 2.07 bits per heavy atom. The van der Waals surface area contributed by atoms with E-state index in [1.54, 1.807) is 0 Å². The largest absolute Gasteiger partial charge is 0.339 e. The van der Waals surface area contributed by atoms with E-state index in [-0.39, 0.29) is 18.0 Å². The summed E-state index contributed by atoms with van der Waals surface area (Å²) >= 11 is 0. The van der Waals surface area contributed by atoms with Crippen LogP contribution in [0.4, 0.5) is 0 Å². The molecular weight excluding hydrogens is 176 g/mol. The van der Waals surface area contributed by atoms with Gasteiger partial charge in [-0.2, -0.15) is 0 Å². The molecule has 1 aliphatic carbocycles. The minimum Gasteiger partial charge on any atom is -0.339 e. The number of nitrogens with two attached hydrogens (primary N) is 1. The fourth-order valence-electron chi connectivity index (χ4n) is 1.52. The molecule has 1 fully saturated rings. The molecule has 1 saturated carbocycles. The Labute approximate surface area is 86.6 Å². The third-order valence-corrected chi connectivity index (χ3v) is 2.82. The highest BCUT2D eigenvalue weighted by molar-refractivity contribution is 5.81. The lowest BCUT2D eigenvalue weighted by molar-refractivity contribution is -0.134. The molecule has 0 aliphatic heterocycles. The van der Waals surface area contributed by atoms with E-state index in [0.717, 1.165) is 18.9 Å². The lowest BCUT2D eigenvalue weighted by Gasteiger charge is -2.29. The SMILES string of the molecule is CC[C@H](N)C(=O)N(CC1CC1)C(C)C. The van der Waals surface area contributed by atoms with Crippen molar-refractivity contribution in [3.63, 3.8) is 0 Å². The van der Waals surface area contributed by atoms with Crippen LogP contribution in [0.5, 0.6) is 0 Å². The second-order valence-corrected chi connectivity index (χ2v) is 4.54. The summed E-state index contributed by atoms with van der Waals surface area (Å²) in [5.41, 5.74) is 5.76. The molecule has 1 atom stereocenters. The molecule has 0 radical (unpaired) electrons. The highest BCUT2D eigenvalue weighted by atomic mass is 16.2. The van der Waals surface area contributed by atoms with E-state index in [0.29, 0.717) is 0 Å². The van der Waals surface area contributed by atoms with Crippen molar-refractivity contribution in [1.82, 2.24) is 4.90 Å². The fraction of sp³-hybridized carbons (Fsp3) is 0.909. The van der Waals surface area contributed by atoms with Crippen molar-refractivity contribution in [2.75, 3.05) is 6.54 Å². The smallest absolute Gasteiger partial charge is 0.239 e. The fourth-order valence-corrected chi connectivity index (χ4v) is 1.52. The number of amides is 1. The van der Waals surface area contributed by atoms with Crippen LogP contribution in [-0.4, -0.2) is 29.4 Å². The van der Waals surface area contributed by atoms with E-state index in [1.165, 1.54) is 12.8 Å². The Kier molecular flexibility index (Phi) is 3.93. The van der Waals surface area contributed by atoms with Gasteiger partial charge in [0.25, 0.3) is 0 Å². The van der Waals surface area contributed by atoms with Gasteiger partial charge in [-0.1, -0.05) is 6.92 Å².